The number of rotatable bonds is 1. The molecule has 0 radical (unpaired) electrons. The molecule has 1 saturated heterocycles. The average Bonchev–Trinajstić information content (AvgIpc) is 2.39. The molecule has 0 spiro atoms. The molecule has 0 saturated carbocycles. The third kappa shape index (κ3) is 1.72. The van der Waals surface area contributed by atoms with Gasteiger partial charge in [0.2, 0.25) is 0 Å². The van der Waals surface area contributed by atoms with Gasteiger partial charge in [0.25, 0.3) is 0 Å². The maximum Gasteiger partial charge on any atom is 0.130 e. The van der Waals surface area contributed by atoms with Gasteiger partial charge in [-0.2, -0.15) is 0 Å². The minimum atomic E-state index is 0.780. The Morgan fingerprint density at radius 3 is 2.94 bits per heavy atom. The van der Waals surface area contributed by atoms with Crippen LogP contribution in [0.5, 0.6) is 0 Å². The number of nitrogens with zero attached hydrogens (tertiary/aromatic N) is 3. The Bertz CT molecular complexity index is 494. The highest BCUT2D eigenvalue weighted by molar-refractivity contribution is 5.79. The normalized spacial score (nSPS) is 16.6. The van der Waals surface area contributed by atoms with Crippen LogP contribution in [-0.2, 0) is 4.74 Å². The number of anilines is 1. The van der Waals surface area contributed by atoms with E-state index in [-0.39, 0.29) is 0 Å². The van der Waals surface area contributed by atoms with Crippen molar-refractivity contribution in [2.24, 2.45) is 0 Å². The fourth-order valence-electron chi connectivity index (χ4n) is 1.92. The molecule has 1 aliphatic rings. The summed E-state index contributed by atoms with van der Waals surface area (Å²) in [4.78, 5) is 11.0. The lowest BCUT2D eigenvalue weighted by Gasteiger charge is -2.27. The first-order valence-corrected chi connectivity index (χ1v) is 5.47. The van der Waals surface area contributed by atoms with Crippen LogP contribution in [0.3, 0.4) is 0 Å². The zero-order valence-electron chi connectivity index (χ0n) is 8.97. The van der Waals surface area contributed by atoms with Crippen molar-refractivity contribution in [3.63, 3.8) is 0 Å². The predicted octanol–water partition coefficient (Wildman–Crippen LogP) is 1.47. The number of hydrogen-bond acceptors (Lipinski definition) is 4. The molecule has 2 aromatic rings. The lowest BCUT2D eigenvalue weighted by Crippen LogP contribution is -2.36. The molecule has 0 atom stereocenters. The smallest absolute Gasteiger partial charge is 0.130 e. The van der Waals surface area contributed by atoms with Crippen LogP contribution < -0.4 is 4.90 Å². The van der Waals surface area contributed by atoms with Crippen LogP contribution in [0.2, 0.25) is 0 Å². The highest BCUT2D eigenvalue weighted by Gasteiger charge is 2.12. The number of hydrogen-bond donors (Lipinski definition) is 0. The van der Waals surface area contributed by atoms with Gasteiger partial charge in [-0.15, -0.1) is 0 Å². The van der Waals surface area contributed by atoms with Crippen molar-refractivity contribution in [2.75, 3.05) is 31.2 Å². The Balaban J connectivity index is 1.97. The zero-order valence-corrected chi connectivity index (χ0v) is 8.97. The van der Waals surface area contributed by atoms with Gasteiger partial charge in [-0.1, -0.05) is 0 Å². The molecule has 2 aromatic heterocycles. The van der Waals surface area contributed by atoms with Crippen LogP contribution in [-0.4, -0.2) is 36.3 Å². The van der Waals surface area contributed by atoms with Crippen molar-refractivity contribution in [1.29, 1.82) is 0 Å². The van der Waals surface area contributed by atoms with Gasteiger partial charge >= 0.3 is 0 Å². The van der Waals surface area contributed by atoms with Gasteiger partial charge in [-0.05, 0) is 12.1 Å². The van der Waals surface area contributed by atoms with E-state index in [1.807, 2.05) is 30.6 Å². The number of ether oxygens (including phenoxy) is 1. The Morgan fingerprint density at radius 2 is 2.06 bits per heavy atom. The number of fused-ring (bicyclic) bond motifs is 1. The van der Waals surface area contributed by atoms with Crippen molar-refractivity contribution < 1.29 is 4.74 Å². The molecule has 0 aliphatic carbocycles. The molecular weight excluding hydrogens is 202 g/mol. The van der Waals surface area contributed by atoms with E-state index in [4.69, 9.17) is 4.74 Å². The Morgan fingerprint density at radius 1 is 1.19 bits per heavy atom. The minimum Gasteiger partial charge on any atom is -0.378 e. The van der Waals surface area contributed by atoms with Crippen LogP contribution in [0.25, 0.3) is 10.9 Å². The van der Waals surface area contributed by atoms with Crippen LogP contribution in [0.4, 0.5) is 5.82 Å². The summed E-state index contributed by atoms with van der Waals surface area (Å²) >= 11 is 0. The van der Waals surface area contributed by atoms with E-state index in [9.17, 15) is 0 Å². The Labute approximate surface area is 93.9 Å². The van der Waals surface area contributed by atoms with Gasteiger partial charge in [0.05, 0.1) is 18.7 Å². The summed E-state index contributed by atoms with van der Waals surface area (Å²) in [5.74, 6) is 0.995. The van der Waals surface area contributed by atoms with Crippen molar-refractivity contribution in [2.45, 2.75) is 0 Å². The number of aromatic nitrogens is 2. The lowest BCUT2D eigenvalue weighted by molar-refractivity contribution is 0.122. The van der Waals surface area contributed by atoms with Crippen LogP contribution in [0.1, 0.15) is 0 Å². The fourth-order valence-corrected chi connectivity index (χ4v) is 1.92. The summed E-state index contributed by atoms with van der Waals surface area (Å²) in [5, 5.41) is 1.08. The van der Waals surface area contributed by atoms with E-state index in [0.717, 1.165) is 43.0 Å². The van der Waals surface area contributed by atoms with Crippen LogP contribution in [0, 0.1) is 0 Å². The summed E-state index contributed by atoms with van der Waals surface area (Å²) in [6, 6.07) is 6.00. The standard InChI is InChI=1S/C12H13N3O/c1-2-10-9-14-12(8-11(10)13-3-1)15-4-6-16-7-5-15/h1-3,8-9H,4-7H2. The third-order valence-electron chi connectivity index (χ3n) is 2.81. The topological polar surface area (TPSA) is 38.2 Å². The monoisotopic (exact) mass is 215 g/mol. The van der Waals surface area contributed by atoms with E-state index < -0.39 is 0 Å². The van der Waals surface area contributed by atoms with Crippen molar-refractivity contribution in [1.82, 2.24) is 9.97 Å². The fraction of sp³-hybridized carbons (Fsp3) is 0.333. The first kappa shape index (κ1) is 9.54. The Hall–Kier alpha value is -1.68. The van der Waals surface area contributed by atoms with Gasteiger partial charge in [-0.3, -0.25) is 4.98 Å². The molecule has 0 amide bonds. The van der Waals surface area contributed by atoms with Crippen molar-refractivity contribution >= 4 is 16.7 Å². The van der Waals surface area contributed by atoms with E-state index >= 15 is 0 Å². The molecule has 1 fully saturated rings. The highest BCUT2D eigenvalue weighted by atomic mass is 16.5. The summed E-state index contributed by atoms with van der Waals surface area (Å²) < 4.78 is 5.32. The molecule has 4 nitrogen and oxygen atoms in total. The van der Waals surface area contributed by atoms with E-state index in [1.165, 1.54) is 0 Å². The minimum absolute atomic E-state index is 0.780. The summed E-state index contributed by atoms with van der Waals surface area (Å²) in [6.07, 6.45) is 3.69. The second kappa shape index (κ2) is 4.06. The molecule has 0 bridgehead atoms. The van der Waals surface area contributed by atoms with Gasteiger partial charge in [0, 0.05) is 36.9 Å². The molecule has 0 unspecified atom stereocenters. The van der Waals surface area contributed by atoms with Crippen molar-refractivity contribution in [3.05, 3.63) is 30.6 Å². The summed E-state index contributed by atoms with van der Waals surface area (Å²) in [5.41, 5.74) is 0.999. The molecular formula is C12H13N3O. The molecule has 3 rings (SSSR count). The van der Waals surface area contributed by atoms with E-state index in [1.54, 1.807) is 0 Å². The number of pyridine rings is 2. The summed E-state index contributed by atoms with van der Waals surface area (Å²) in [7, 11) is 0. The second-order valence-electron chi connectivity index (χ2n) is 3.84. The van der Waals surface area contributed by atoms with Gasteiger partial charge < -0.3 is 9.64 Å². The largest absolute Gasteiger partial charge is 0.378 e. The average molecular weight is 215 g/mol. The maximum absolute atomic E-state index is 5.32. The molecule has 0 N–H and O–H groups in total. The molecule has 82 valence electrons. The molecule has 1 aliphatic heterocycles. The highest BCUT2D eigenvalue weighted by Crippen LogP contribution is 2.17. The Kier molecular flexibility index (Phi) is 2.42. The third-order valence-corrected chi connectivity index (χ3v) is 2.81. The summed E-state index contributed by atoms with van der Waals surface area (Å²) in [6.45, 7) is 3.38. The van der Waals surface area contributed by atoms with Gasteiger partial charge in [0.15, 0.2) is 0 Å². The SMILES string of the molecule is c1cnc2cc(N3CCOCC3)ncc2c1. The first-order valence-electron chi connectivity index (χ1n) is 5.47. The molecule has 0 aromatic carbocycles. The van der Waals surface area contributed by atoms with Gasteiger partial charge in [0.1, 0.15) is 5.82 Å². The quantitative estimate of drug-likeness (QED) is 0.722. The lowest BCUT2D eigenvalue weighted by atomic mass is 10.2. The van der Waals surface area contributed by atoms with E-state index in [2.05, 4.69) is 14.9 Å². The zero-order chi connectivity index (χ0) is 10.8. The second-order valence-corrected chi connectivity index (χ2v) is 3.84. The predicted molar refractivity (Wildman–Crippen MR) is 62.6 cm³/mol. The van der Waals surface area contributed by atoms with Crippen LogP contribution in [0.15, 0.2) is 30.6 Å². The van der Waals surface area contributed by atoms with Crippen molar-refractivity contribution in [3.8, 4) is 0 Å². The van der Waals surface area contributed by atoms with E-state index in [0.29, 0.717) is 0 Å². The maximum atomic E-state index is 5.32. The van der Waals surface area contributed by atoms with Crippen LogP contribution >= 0.6 is 0 Å². The molecule has 16 heavy (non-hydrogen) atoms. The molecule has 4 heteroatoms. The first-order chi connectivity index (χ1) is 7.93. The number of morpholine rings is 1. The van der Waals surface area contributed by atoms with Gasteiger partial charge in [-0.25, -0.2) is 4.98 Å². The molecule has 3 heterocycles.